The fourth-order valence-electron chi connectivity index (χ4n) is 2.82. The van der Waals surface area contributed by atoms with E-state index in [0.717, 1.165) is 16.7 Å². The molecule has 0 fully saturated rings. The quantitative estimate of drug-likeness (QED) is 0.890. The minimum absolute atomic E-state index is 0.455. The van der Waals surface area contributed by atoms with E-state index in [1.807, 2.05) is 32.9 Å². The zero-order valence-corrected chi connectivity index (χ0v) is 13.2. The standard InChI is InChI=1S/C18H19ClO2/c1-11-8-12(2)15(13(3)9-11)10-16(18(20)21)14-6-4-5-7-17(14)19/h4-9,16H,10H2,1-3H3,(H,20,21). The van der Waals surface area contributed by atoms with Gasteiger partial charge in [0.15, 0.2) is 0 Å². The van der Waals surface area contributed by atoms with Crippen molar-refractivity contribution in [2.75, 3.05) is 0 Å². The number of aryl methyl sites for hydroxylation is 3. The topological polar surface area (TPSA) is 37.3 Å². The fourth-order valence-corrected chi connectivity index (χ4v) is 3.09. The number of hydrogen-bond donors (Lipinski definition) is 1. The largest absolute Gasteiger partial charge is 0.481 e. The van der Waals surface area contributed by atoms with Crippen LogP contribution in [0.1, 0.15) is 33.7 Å². The highest BCUT2D eigenvalue weighted by atomic mass is 35.5. The molecular weight excluding hydrogens is 284 g/mol. The fraction of sp³-hybridized carbons (Fsp3) is 0.278. The van der Waals surface area contributed by atoms with Gasteiger partial charge in [0.1, 0.15) is 0 Å². The molecule has 0 heterocycles. The predicted molar refractivity (Wildman–Crippen MR) is 86.2 cm³/mol. The molecule has 1 N–H and O–H groups in total. The Hall–Kier alpha value is -1.80. The monoisotopic (exact) mass is 302 g/mol. The van der Waals surface area contributed by atoms with Crippen molar-refractivity contribution in [2.45, 2.75) is 33.1 Å². The molecule has 2 aromatic carbocycles. The zero-order valence-electron chi connectivity index (χ0n) is 12.5. The number of carbonyl (C=O) groups is 1. The highest BCUT2D eigenvalue weighted by Gasteiger charge is 2.24. The summed E-state index contributed by atoms with van der Waals surface area (Å²) in [5.74, 6) is -1.47. The van der Waals surface area contributed by atoms with Gasteiger partial charge >= 0.3 is 5.97 Å². The number of carboxylic acid groups (broad SMARTS) is 1. The van der Waals surface area contributed by atoms with Crippen LogP contribution in [0.25, 0.3) is 0 Å². The number of benzene rings is 2. The lowest BCUT2D eigenvalue weighted by Gasteiger charge is -2.18. The summed E-state index contributed by atoms with van der Waals surface area (Å²) in [7, 11) is 0. The minimum atomic E-state index is -0.845. The van der Waals surface area contributed by atoms with Crippen LogP contribution in [0.4, 0.5) is 0 Å². The summed E-state index contributed by atoms with van der Waals surface area (Å²) in [4.78, 5) is 11.7. The first-order chi connectivity index (χ1) is 9.90. The number of carboxylic acids is 1. The second-order valence-electron chi connectivity index (χ2n) is 5.49. The molecule has 2 nitrogen and oxygen atoms in total. The molecule has 110 valence electrons. The smallest absolute Gasteiger partial charge is 0.311 e. The molecule has 0 bridgehead atoms. The third kappa shape index (κ3) is 3.45. The van der Waals surface area contributed by atoms with Gasteiger partial charge in [0.05, 0.1) is 5.92 Å². The van der Waals surface area contributed by atoms with Gasteiger partial charge in [0.25, 0.3) is 0 Å². The van der Waals surface area contributed by atoms with Gasteiger partial charge in [-0.15, -0.1) is 0 Å². The maximum atomic E-state index is 11.7. The van der Waals surface area contributed by atoms with Crippen molar-refractivity contribution in [2.24, 2.45) is 0 Å². The van der Waals surface area contributed by atoms with Crippen LogP contribution in [-0.4, -0.2) is 11.1 Å². The van der Waals surface area contributed by atoms with Gasteiger partial charge in [-0.25, -0.2) is 0 Å². The summed E-state index contributed by atoms with van der Waals surface area (Å²) in [6, 6.07) is 11.3. The van der Waals surface area contributed by atoms with Gasteiger partial charge in [-0.05, 0) is 55.5 Å². The Kier molecular flexibility index (Phi) is 4.69. The van der Waals surface area contributed by atoms with Crippen molar-refractivity contribution < 1.29 is 9.90 Å². The summed E-state index contributed by atoms with van der Waals surface area (Å²) >= 11 is 6.17. The highest BCUT2D eigenvalue weighted by Crippen LogP contribution is 2.30. The molecule has 0 amide bonds. The van der Waals surface area contributed by atoms with E-state index in [-0.39, 0.29) is 0 Å². The molecule has 1 atom stereocenters. The molecule has 0 radical (unpaired) electrons. The molecule has 0 aromatic heterocycles. The van der Waals surface area contributed by atoms with Crippen molar-refractivity contribution in [1.82, 2.24) is 0 Å². The first-order valence-electron chi connectivity index (χ1n) is 6.94. The number of hydrogen-bond acceptors (Lipinski definition) is 1. The van der Waals surface area contributed by atoms with Gasteiger partial charge in [0, 0.05) is 5.02 Å². The zero-order chi connectivity index (χ0) is 15.6. The second-order valence-corrected chi connectivity index (χ2v) is 5.90. The Labute approximate surface area is 130 Å². The first kappa shape index (κ1) is 15.6. The summed E-state index contributed by atoms with van der Waals surface area (Å²) in [5.41, 5.74) is 5.22. The molecule has 2 rings (SSSR count). The molecular formula is C18H19ClO2. The molecule has 0 aliphatic rings. The molecule has 1 unspecified atom stereocenters. The van der Waals surface area contributed by atoms with Crippen LogP contribution in [-0.2, 0) is 11.2 Å². The Morgan fingerprint density at radius 3 is 2.24 bits per heavy atom. The lowest BCUT2D eigenvalue weighted by Crippen LogP contribution is -2.16. The Morgan fingerprint density at radius 2 is 1.71 bits per heavy atom. The van der Waals surface area contributed by atoms with E-state index in [0.29, 0.717) is 17.0 Å². The second kappa shape index (κ2) is 6.31. The lowest BCUT2D eigenvalue weighted by molar-refractivity contribution is -0.138. The highest BCUT2D eigenvalue weighted by molar-refractivity contribution is 6.31. The average molecular weight is 303 g/mol. The lowest BCUT2D eigenvalue weighted by atomic mass is 9.87. The van der Waals surface area contributed by atoms with Gasteiger partial charge in [-0.3, -0.25) is 4.79 Å². The van der Waals surface area contributed by atoms with Gasteiger partial charge < -0.3 is 5.11 Å². The van der Waals surface area contributed by atoms with Crippen molar-refractivity contribution >= 4 is 17.6 Å². The normalized spacial score (nSPS) is 12.2. The third-order valence-corrected chi connectivity index (χ3v) is 4.17. The van der Waals surface area contributed by atoms with Crippen molar-refractivity contribution in [3.63, 3.8) is 0 Å². The number of rotatable bonds is 4. The molecule has 0 saturated heterocycles. The summed E-state index contributed by atoms with van der Waals surface area (Å²) < 4.78 is 0. The Balaban J connectivity index is 2.43. The van der Waals surface area contributed by atoms with Crippen LogP contribution >= 0.6 is 11.6 Å². The molecule has 2 aromatic rings. The molecule has 0 aliphatic carbocycles. The number of aliphatic carboxylic acids is 1. The minimum Gasteiger partial charge on any atom is -0.481 e. The van der Waals surface area contributed by atoms with E-state index in [4.69, 9.17) is 11.6 Å². The average Bonchev–Trinajstić information content (AvgIpc) is 2.39. The SMILES string of the molecule is Cc1cc(C)c(CC(C(=O)O)c2ccccc2Cl)c(C)c1. The van der Waals surface area contributed by atoms with Gasteiger partial charge in [0.2, 0.25) is 0 Å². The first-order valence-corrected chi connectivity index (χ1v) is 7.32. The third-order valence-electron chi connectivity index (χ3n) is 3.83. The van der Waals surface area contributed by atoms with Crippen LogP contribution in [0.15, 0.2) is 36.4 Å². The van der Waals surface area contributed by atoms with E-state index in [9.17, 15) is 9.90 Å². The molecule has 0 aliphatic heterocycles. The maximum absolute atomic E-state index is 11.7. The van der Waals surface area contributed by atoms with Crippen LogP contribution in [0.2, 0.25) is 5.02 Å². The summed E-state index contributed by atoms with van der Waals surface area (Å²) in [6.45, 7) is 6.11. The van der Waals surface area contributed by atoms with Crippen molar-refractivity contribution in [3.05, 3.63) is 69.2 Å². The maximum Gasteiger partial charge on any atom is 0.311 e. The van der Waals surface area contributed by atoms with E-state index in [1.165, 1.54) is 5.56 Å². The van der Waals surface area contributed by atoms with Crippen LogP contribution in [0, 0.1) is 20.8 Å². The van der Waals surface area contributed by atoms with E-state index in [1.54, 1.807) is 12.1 Å². The van der Waals surface area contributed by atoms with E-state index >= 15 is 0 Å². The Morgan fingerprint density at radius 1 is 1.14 bits per heavy atom. The van der Waals surface area contributed by atoms with Crippen molar-refractivity contribution in [3.8, 4) is 0 Å². The van der Waals surface area contributed by atoms with E-state index in [2.05, 4.69) is 12.1 Å². The molecule has 0 spiro atoms. The van der Waals surface area contributed by atoms with E-state index < -0.39 is 11.9 Å². The van der Waals surface area contributed by atoms with Crippen molar-refractivity contribution in [1.29, 1.82) is 0 Å². The molecule has 0 saturated carbocycles. The van der Waals surface area contributed by atoms with Crippen LogP contribution in [0.3, 0.4) is 0 Å². The summed E-state index contributed by atoms with van der Waals surface area (Å²) in [5, 5.41) is 10.1. The Bertz CT molecular complexity index is 654. The molecule has 21 heavy (non-hydrogen) atoms. The number of halogens is 1. The molecule has 3 heteroatoms. The predicted octanol–water partition coefficient (Wildman–Crippen LogP) is 4.68. The van der Waals surface area contributed by atoms with Crippen LogP contribution < -0.4 is 0 Å². The summed E-state index contributed by atoms with van der Waals surface area (Å²) in [6.07, 6.45) is 0.455. The van der Waals surface area contributed by atoms with Crippen LogP contribution in [0.5, 0.6) is 0 Å². The van der Waals surface area contributed by atoms with Gasteiger partial charge in [-0.1, -0.05) is 47.5 Å². The van der Waals surface area contributed by atoms with Gasteiger partial charge in [-0.2, -0.15) is 0 Å².